The highest BCUT2D eigenvalue weighted by molar-refractivity contribution is 7.89. The molecule has 1 atom stereocenters. The second-order valence-electron chi connectivity index (χ2n) is 6.75. The highest BCUT2D eigenvalue weighted by Crippen LogP contribution is 2.24. The van der Waals surface area contributed by atoms with Crippen molar-refractivity contribution >= 4 is 15.9 Å². The standard InChI is InChI=1S/C22H31N3O4S/c1-5-24-30(27,28)20-13-9-11-18(15-20)22(26)23-16-21(25(6-2)7-3)17-10-8-12-19(14-17)29-4/h8-15,21,24H,5-7,16H2,1-4H3,(H,23,26). The number of likely N-dealkylation sites (N-methyl/N-ethyl adjacent to an activating group) is 1. The molecule has 2 aromatic rings. The molecule has 0 aliphatic carbocycles. The van der Waals surface area contributed by atoms with E-state index in [0.29, 0.717) is 12.1 Å². The smallest absolute Gasteiger partial charge is 0.251 e. The lowest BCUT2D eigenvalue weighted by Crippen LogP contribution is -2.38. The van der Waals surface area contributed by atoms with Gasteiger partial charge in [-0.3, -0.25) is 9.69 Å². The normalized spacial score (nSPS) is 12.6. The van der Waals surface area contributed by atoms with Gasteiger partial charge in [0.25, 0.3) is 5.91 Å². The lowest BCUT2D eigenvalue weighted by atomic mass is 10.0. The van der Waals surface area contributed by atoms with Crippen molar-refractivity contribution < 1.29 is 17.9 Å². The Morgan fingerprint density at radius 3 is 2.40 bits per heavy atom. The quantitative estimate of drug-likeness (QED) is 0.569. The topological polar surface area (TPSA) is 87.7 Å². The van der Waals surface area contributed by atoms with Gasteiger partial charge in [-0.1, -0.05) is 39.0 Å². The van der Waals surface area contributed by atoms with E-state index in [9.17, 15) is 13.2 Å². The number of sulfonamides is 1. The molecular weight excluding hydrogens is 402 g/mol. The minimum absolute atomic E-state index is 0.0345. The lowest BCUT2D eigenvalue weighted by molar-refractivity contribution is 0.0934. The maximum absolute atomic E-state index is 12.8. The van der Waals surface area contributed by atoms with Crippen molar-refractivity contribution in [1.82, 2.24) is 14.9 Å². The Bertz CT molecular complexity index is 943. The van der Waals surface area contributed by atoms with Gasteiger partial charge < -0.3 is 10.1 Å². The molecule has 0 heterocycles. The first-order valence-electron chi connectivity index (χ1n) is 10.1. The minimum Gasteiger partial charge on any atom is -0.497 e. The summed E-state index contributed by atoms with van der Waals surface area (Å²) in [5, 5.41) is 2.96. The number of benzene rings is 2. The van der Waals surface area contributed by atoms with Gasteiger partial charge in [0.2, 0.25) is 10.0 Å². The number of carbonyl (C=O) groups excluding carboxylic acids is 1. The average Bonchev–Trinajstić information content (AvgIpc) is 2.76. The number of hydrogen-bond donors (Lipinski definition) is 2. The molecule has 0 aliphatic rings. The molecular formula is C22H31N3O4S. The van der Waals surface area contributed by atoms with Gasteiger partial charge >= 0.3 is 0 Å². The van der Waals surface area contributed by atoms with Crippen LogP contribution < -0.4 is 14.8 Å². The predicted octanol–water partition coefficient (Wildman–Crippen LogP) is 2.81. The van der Waals surface area contributed by atoms with Crippen LogP contribution in [0.5, 0.6) is 5.75 Å². The van der Waals surface area contributed by atoms with E-state index in [1.54, 1.807) is 26.2 Å². The first kappa shape index (κ1) is 23.9. The van der Waals surface area contributed by atoms with E-state index in [-0.39, 0.29) is 23.4 Å². The van der Waals surface area contributed by atoms with Gasteiger partial charge in [0.15, 0.2) is 0 Å². The van der Waals surface area contributed by atoms with Crippen LogP contribution in [0.25, 0.3) is 0 Å². The van der Waals surface area contributed by atoms with Gasteiger partial charge in [0.05, 0.1) is 18.0 Å². The van der Waals surface area contributed by atoms with Gasteiger partial charge in [-0.15, -0.1) is 0 Å². The van der Waals surface area contributed by atoms with Crippen molar-refractivity contribution in [3.63, 3.8) is 0 Å². The van der Waals surface area contributed by atoms with E-state index >= 15 is 0 Å². The monoisotopic (exact) mass is 433 g/mol. The van der Waals surface area contributed by atoms with Crippen molar-refractivity contribution in [2.45, 2.75) is 31.7 Å². The Balaban J connectivity index is 2.22. The largest absolute Gasteiger partial charge is 0.497 e. The fourth-order valence-corrected chi connectivity index (χ4v) is 4.43. The Kier molecular flexibility index (Phi) is 8.83. The van der Waals surface area contributed by atoms with Gasteiger partial charge in [-0.05, 0) is 49.0 Å². The third-order valence-corrected chi connectivity index (χ3v) is 6.47. The highest BCUT2D eigenvalue weighted by Gasteiger charge is 2.21. The van der Waals surface area contributed by atoms with E-state index in [4.69, 9.17) is 4.74 Å². The van der Waals surface area contributed by atoms with Gasteiger partial charge in [0, 0.05) is 18.7 Å². The number of hydrogen-bond acceptors (Lipinski definition) is 5. The number of methoxy groups -OCH3 is 1. The molecule has 2 N–H and O–H groups in total. The molecule has 0 spiro atoms. The van der Waals surface area contributed by atoms with Gasteiger partial charge in [-0.25, -0.2) is 13.1 Å². The van der Waals surface area contributed by atoms with Gasteiger partial charge in [-0.2, -0.15) is 0 Å². The fraction of sp³-hybridized carbons (Fsp3) is 0.409. The minimum atomic E-state index is -3.62. The molecule has 2 aromatic carbocycles. The first-order valence-corrected chi connectivity index (χ1v) is 11.6. The summed E-state index contributed by atoms with van der Waals surface area (Å²) in [7, 11) is -2.00. The Morgan fingerprint density at radius 1 is 1.07 bits per heavy atom. The molecule has 0 bridgehead atoms. The third-order valence-electron chi connectivity index (χ3n) is 4.93. The van der Waals surface area contributed by atoms with Crippen LogP contribution in [0.4, 0.5) is 0 Å². The van der Waals surface area contributed by atoms with Crippen LogP contribution in [0.15, 0.2) is 53.4 Å². The Morgan fingerprint density at radius 2 is 1.77 bits per heavy atom. The molecule has 0 saturated heterocycles. The molecule has 1 amide bonds. The van der Waals surface area contributed by atoms with Crippen LogP contribution in [0.3, 0.4) is 0 Å². The van der Waals surface area contributed by atoms with Crippen LogP contribution >= 0.6 is 0 Å². The maximum atomic E-state index is 12.8. The second kappa shape index (κ2) is 11.1. The SMILES string of the molecule is CCNS(=O)(=O)c1cccc(C(=O)NCC(c2cccc(OC)c2)N(CC)CC)c1. The molecule has 0 aliphatic heterocycles. The summed E-state index contributed by atoms with van der Waals surface area (Å²) >= 11 is 0. The number of rotatable bonds is 11. The highest BCUT2D eigenvalue weighted by atomic mass is 32.2. The van der Waals surface area contributed by atoms with E-state index in [1.807, 2.05) is 24.3 Å². The molecule has 0 fully saturated rings. The van der Waals surface area contributed by atoms with Crippen LogP contribution in [0, 0.1) is 0 Å². The Hall–Kier alpha value is -2.42. The molecule has 0 aromatic heterocycles. The zero-order valence-electron chi connectivity index (χ0n) is 18.0. The lowest BCUT2D eigenvalue weighted by Gasteiger charge is -2.30. The number of nitrogens with zero attached hydrogens (tertiary/aromatic N) is 1. The van der Waals surface area contributed by atoms with Crippen molar-refractivity contribution in [1.29, 1.82) is 0 Å². The number of amides is 1. The third kappa shape index (κ3) is 6.04. The molecule has 0 radical (unpaired) electrons. The van der Waals surface area contributed by atoms with Crippen molar-refractivity contribution in [2.75, 3.05) is 33.3 Å². The Labute approximate surface area is 179 Å². The molecule has 164 valence electrons. The molecule has 1 unspecified atom stereocenters. The molecule has 0 saturated carbocycles. The van der Waals surface area contributed by atoms with E-state index < -0.39 is 10.0 Å². The molecule has 7 nitrogen and oxygen atoms in total. The summed E-state index contributed by atoms with van der Waals surface area (Å²) < 4.78 is 32.2. The van der Waals surface area contributed by atoms with E-state index in [1.165, 1.54) is 12.1 Å². The molecule has 30 heavy (non-hydrogen) atoms. The van der Waals surface area contributed by atoms with Crippen molar-refractivity contribution in [3.05, 3.63) is 59.7 Å². The molecule has 2 rings (SSSR count). The number of carbonyl (C=O) groups is 1. The first-order chi connectivity index (χ1) is 14.4. The zero-order valence-corrected chi connectivity index (χ0v) is 18.8. The van der Waals surface area contributed by atoms with Crippen LogP contribution in [0.2, 0.25) is 0 Å². The molecule has 8 heteroatoms. The summed E-state index contributed by atoms with van der Waals surface area (Å²) in [6.07, 6.45) is 0. The van der Waals surface area contributed by atoms with E-state index in [0.717, 1.165) is 24.4 Å². The van der Waals surface area contributed by atoms with Crippen molar-refractivity contribution in [2.24, 2.45) is 0 Å². The average molecular weight is 434 g/mol. The second-order valence-corrected chi connectivity index (χ2v) is 8.52. The fourth-order valence-electron chi connectivity index (χ4n) is 3.34. The summed E-state index contributed by atoms with van der Waals surface area (Å²) in [6.45, 7) is 8.18. The predicted molar refractivity (Wildman–Crippen MR) is 118 cm³/mol. The van der Waals surface area contributed by atoms with Gasteiger partial charge in [0.1, 0.15) is 5.75 Å². The van der Waals surface area contributed by atoms with E-state index in [2.05, 4.69) is 28.8 Å². The van der Waals surface area contributed by atoms with Crippen LogP contribution in [-0.4, -0.2) is 52.5 Å². The zero-order chi connectivity index (χ0) is 22.1. The maximum Gasteiger partial charge on any atom is 0.251 e. The number of ether oxygens (including phenoxy) is 1. The number of nitrogens with one attached hydrogen (secondary N) is 2. The van der Waals surface area contributed by atoms with Crippen molar-refractivity contribution in [3.8, 4) is 5.75 Å². The summed E-state index contributed by atoms with van der Waals surface area (Å²) in [5.74, 6) is 0.445. The summed E-state index contributed by atoms with van der Waals surface area (Å²) in [6, 6.07) is 13.8. The van der Waals surface area contributed by atoms with Crippen LogP contribution in [0.1, 0.15) is 42.7 Å². The summed E-state index contributed by atoms with van der Waals surface area (Å²) in [4.78, 5) is 15.1. The van der Waals surface area contributed by atoms with Crippen LogP contribution in [-0.2, 0) is 10.0 Å². The summed E-state index contributed by atoms with van der Waals surface area (Å²) in [5.41, 5.74) is 1.35.